The van der Waals surface area contributed by atoms with Crippen LogP contribution in [-0.2, 0) is 9.84 Å². The molecule has 1 atom stereocenters. The molecular formula is C17H28N4O5S. The lowest BCUT2D eigenvalue weighted by atomic mass is 10.1. The van der Waals surface area contributed by atoms with Gasteiger partial charge in [0.05, 0.1) is 40.3 Å². The summed E-state index contributed by atoms with van der Waals surface area (Å²) in [5, 5.41) is 7.09. The van der Waals surface area contributed by atoms with Gasteiger partial charge >= 0.3 is 0 Å². The molecule has 1 aromatic rings. The Morgan fingerprint density at radius 1 is 1.33 bits per heavy atom. The number of carbonyl (C=O) groups is 1. The van der Waals surface area contributed by atoms with E-state index < -0.39 is 15.7 Å². The lowest BCUT2D eigenvalue weighted by Crippen LogP contribution is -2.41. The number of nitrogens with one attached hydrogen (secondary N) is 1. The number of nitroso groups, excluding NO2 is 1. The lowest BCUT2D eigenvalue weighted by molar-refractivity contribution is 0.0928. The van der Waals surface area contributed by atoms with E-state index in [-0.39, 0.29) is 40.2 Å². The summed E-state index contributed by atoms with van der Waals surface area (Å²) in [7, 11) is -2.23. The molecule has 152 valence electrons. The van der Waals surface area contributed by atoms with Crippen molar-refractivity contribution >= 4 is 21.4 Å². The molecule has 0 aliphatic heterocycles. The van der Waals surface area contributed by atoms with E-state index >= 15 is 0 Å². The average Bonchev–Trinajstić information content (AvgIpc) is 2.66. The number of sulfone groups is 1. The quantitative estimate of drug-likeness (QED) is 0.330. The van der Waals surface area contributed by atoms with Gasteiger partial charge < -0.3 is 15.8 Å². The highest BCUT2D eigenvalue weighted by Gasteiger charge is 2.23. The van der Waals surface area contributed by atoms with Crippen LogP contribution in [-0.4, -0.2) is 51.3 Å². The Labute approximate surface area is 160 Å². The molecule has 1 amide bonds. The fourth-order valence-electron chi connectivity index (χ4n) is 2.72. The highest BCUT2D eigenvalue weighted by molar-refractivity contribution is 7.91. The molecule has 0 spiro atoms. The van der Waals surface area contributed by atoms with Crippen LogP contribution in [0.3, 0.4) is 0 Å². The first kappa shape index (κ1) is 22.7. The van der Waals surface area contributed by atoms with Gasteiger partial charge in [-0.15, -0.1) is 4.91 Å². The molecule has 9 nitrogen and oxygen atoms in total. The number of nitrogens with zero attached hydrogens (tertiary/aromatic N) is 2. The van der Waals surface area contributed by atoms with Gasteiger partial charge in [-0.3, -0.25) is 9.80 Å². The summed E-state index contributed by atoms with van der Waals surface area (Å²) in [6, 6.07) is 2.30. The molecule has 0 aromatic heterocycles. The number of likely N-dealkylation sites (N-methyl/N-ethyl adjacent to an activating group) is 1. The molecule has 3 N–H and O–H groups in total. The monoisotopic (exact) mass is 400 g/mol. The van der Waals surface area contributed by atoms with Crippen molar-refractivity contribution in [1.29, 1.82) is 0 Å². The lowest BCUT2D eigenvalue weighted by Gasteiger charge is -2.25. The Morgan fingerprint density at radius 3 is 2.48 bits per heavy atom. The number of methoxy groups -OCH3 is 1. The Hall–Kier alpha value is -2.36. The van der Waals surface area contributed by atoms with E-state index in [9.17, 15) is 18.1 Å². The maximum atomic E-state index is 12.7. The Balaban J connectivity index is 3.15. The number of anilines is 1. The van der Waals surface area contributed by atoms with Gasteiger partial charge in [0, 0.05) is 19.2 Å². The summed E-state index contributed by atoms with van der Waals surface area (Å²) >= 11 is 0. The van der Waals surface area contributed by atoms with E-state index in [1.165, 1.54) is 31.2 Å². The van der Waals surface area contributed by atoms with Gasteiger partial charge in [0.1, 0.15) is 5.75 Å². The summed E-state index contributed by atoms with van der Waals surface area (Å²) < 4.78 is 29.6. The number of rotatable bonds is 11. The minimum absolute atomic E-state index is 0.0245. The van der Waals surface area contributed by atoms with Crippen molar-refractivity contribution in [1.82, 2.24) is 10.3 Å². The Kier molecular flexibility index (Phi) is 8.48. The van der Waals surface area contributed by atoms with Crippen LogP contribution in [0.15, 0.2) is 22.3 Å². The number of hydrogen-bond acceptors (Lipinski definition) is 7. The first-order chi connectivity index (χ1) is 12.7. The molecule has 0 radical (unpaired) electrons. The smallest absolute Gasteiger partial charge is 0.255 e. The summed E-state index contributed by atoms with van der Waals surface area (Å²) in [6.45, 7) is 5.89. The van der Waals surface area contributed by atoms with Crippen LogP contribution >= 0.6 is 0 Å². The molecule has 27 heavy (non-hydrogen) atoms. The summed E-state index contributed by atoms with van der Waals surface area (Å²) in [5.74, 6) is -0.477. The fraction of sp³-hybridized carbons (Fsp3) is 0.588. The molecule has 1 aromatic carbocycles. The van der Waals surface area contributed by atoms with Gasteiger partial charge in [0.2, 0.25) is 0 Å². The molecule has 0 heterocycles. The van der Waals surface area contributed by atoms with Crippen LogP contribution in [0.5, 0.6) is 5.75 Å². The Morgan fingerprint density at radius 2 is 2.00 bits per heavy atom. The molecular weight excluding hydrogens is 372 g/mol. The number of nitrogens with two attached hydrogens (primary N) is 1. The van der Waals surface area contributed by atoms with Gasteiger partial charge in [-0.25, -0.2) is 8.42 Å². The highest BCUT2D eigenvalue weighted by Crippen LogP contribution is 2.29. The van der Waals surface area contributed by atoms with Gasteiger partial charge in [0.15, 0.2) is 9.84 Å². The van der Waals surface area contributed by atoms with Crippen molar-refractivity contribution < 1.29 is 17.9 Å². The predicted octanol–water partition coefficient (Wildman–Crippen LogP) is 1.97. The topological polar surface area (TPSA) is 131 Å². The van der Waals surface area contributed by atoms with E-state index in [1.807, 2.05) is 6.92 Å². The molecule has 0 bridgehead atoms. The van der Waals surface area contributed by atoms with Gasteiger partial charge in [-0.2, -0.15) is 0 Å². The zero-order valence-electron chi connectivity index (χ0n) is 16.2. The third kappa shape index (κ3) is 5.56. The second-order valence-corrected chi connectivity index (χ2v) is 8.23. The number of hydrogen-bond donors (Lipinski definition) is 2. The summed E-state index contributed by atoms with van der Waals surface area (Å²) in [5.41, 5.74) is 5.91. The number of ether oxygens (including phenoxy) is 1. The summed E-state index contributed by atoms with van der Waals surface area (Å²) in [4.78, 5) is 23.5. The van der Waals surface area contributed by atoms with Crippen molar-refractivity contribution in [3.05, 3.63) is 22.6 Å². The minimum atomic E-state index is -3.60. The zero-order chi connectivity index (χ0) is 20.6. The third-order valence-electron chi connectivity index (χ3n) is 4.26. The molecule has 0 saturated carbocycles. The zero-order valence-corrected chi connectivity index (χ0v) is 17.0. The fourth-order valence-corrected chi connectivity index (χ4v) is 3.75. The number of benzene rings is 1. The van der Waals surface area contributed by atoms with Crippen molar-refractivity contribution in [3.63, 3.8) is 0 Å². The van der Waals surface area contributed by atoms with Crippen molar-refractivity contribution in [2.45, 2.75) is 44.6 Å². The molecule has 0 aliphatic carbocycles. The van der Waals surface area contributed by atoms with Gasteiger partial charge in [-0.05, 0) is 19.4 Å². The van der Waals surface area contributed by atoms with Crippen LogP contribution in [0.4, 0.5) is 5.69 Å². The van der Waals surface area contributed by atoms with Crippen LogP contribution in [0.25, 0.3) is 0 Å². The molecule has 0 aliphatic rings. The van der Waals surface area contributed by atoms with Crippen molar-refractivity contribution in [2.24, 2.45) is 5.29 Å². The van der Waals surface area contributed by atoms with Gasteiger partial charge in [0.25, 0.3) is 5.91 Å². The second-order valence-electron chi connectivity index (χ2n) is 5.98. The van der Waals surface area contributed by atoms with E-state index in [0.717, 1.165) is 6.42 Å². The van der Waals surface area contributed by atoms with Crippen LogP contribution in [0.2, 0.25) is 0 Å². The minimum Gasteiger partial charge on any atom is -0.496 e. The van der Waals surface area contributed by atoms with E-state index in [2.05, 4.69) is 10.6 Å². The first-order valence-corrected chi connectivity index (χ1v) is 10.5. The first-order valence-electron chi connectivity index (χ1n) is 8.83. The number of nitrogen functional groups attached to an aromatic ring is 1. The van der Waals surface area contributed by atoms with E-state index in [1.54, 1.807) is 6.92 Å². The molecule has 1 rings (SSSR count). The summed E-state index contributed by atoms with van der Waals surface area (Å²) in [6.07, 6.45) is 1.49. The van der Waals surface area contributed by atoms with Crippen LogP contribution < -0.4 is 15.8 Å². The van der Waals surface area contributed by atoms with E-state index in [0.29, 0.717) is 13.0 Å². The van der Waals surface area contributed by atoms with Crippen LogP contribution in [0.1, 0.15) is 44.0 Å². The molecule has 0 saturated heterocycles. The predicted molar refractivity (Wildman–Crippen MR) is 104 cm³/mol. The molecule has 0 fully saturated rings. The largest absolute Gasteiger partial charge is 0.496 e. The van der Waals surface area contributed by atoms with Crippen LogP contribution in [0, 0.1) is 4.91 Å². The maximum Gasteiger partial charge on any atom is 0.255 e. The third-order valence-corrected chi connectivity index (χ3v) is 6.05. The normalized spacial score (nSPS) is 12.3. The standard InChI is InChI=1S/C17H28N4O5S/c1-5-8-12(21(6-2)20-23)11-19-17(22)13-9-16(27(24,25)7-3)14(18)10-15(13)26-4/h9-10,12H,5-8,11,18H2,1-4H3,(H,19,22). The van der Waals surface area contributed by atoms with Crippen molar-refractivity contribution in [2.75, 3.05) is 31.7 Å². The molecule has 1 unspecified atom stereocenters. The van der Waals surface area contributed by atoms with E-state index in [4.69, 9.17) is 10.5 Å². The number of carbonyl (C=O) groups excluding carboxylic acids is 1. The number of amides is 1. The highest BCUT2D eigenvalue weighted by atomic mass is 32.2. The molecule has 10 heteroatoms. The average molecular weight is 401 g/mol. The van der Waals surface area contributed by atoms with Crippen molar-refractivity contribution in [3.8, 4) is 5.75 Å². The second kappa shape index (κ2) is 10.1. The Bertz CT molecular complexity index is 767. The SMILES string of the molecule is CCCC(CNC(=O)c1cc(S(=O)(=O)CC)c(N)cc1OC)N(CC)N=O. The maximum absolute atomic E-state index is 12.7. The van der Waals surface area contributed by atoms with Gasteiger partial charge in [-0.1, -0.05) is 20.3 Å².